The first-order chi connectivity index (χ1) is 7.19. The highest BCUT2D eigenvalue weighted by Crippen LogP contribution is 2.25. The van der Waals surface area contributed by atoms with Crippen molar-refractivity contribution in [2.75, 3.05) is 12.4 Å². The van der Waals surface area contributed by atoms with Gasteiger partial charge in [-0.3, -0.25) is 0 Å². The summed E-state index contributed by atoms with van der Waals surface area (Å²) >= 11 is 1.39. The van der Waals surface area contributed by atoms with Crippen molar-refractivity contribution in [3.05, 3.63) is 35.2 Å². The number of rotatable bonds is 2. The van der Waals surface area contributed by atoms with E-state index in [1.165, 1.54) is 23.5 Å². The zero-order valence-corrected chi connectivity index (χ0v) is 8.74. The monoisotopic (exact) mass is 226 g/mol. The summed E-state index contributed by atoms with van der Waals surface area (Å²) in [7, 11) is 1.74. The van der Waals surface area contributed by atoms with Gasteiger partial charge in [-0.15, -0.1) is 11.3 Å². The molecule has 2 aromatic rings. The van der Waals surface area contributed by atoms with Crippen molar-refractivity contribution in [3.8, 4) is 11.3 Å². The van der Waals surface area contributed by atoms with Gasteiger partial charge in [-0.2, -0.15) is 0 Å². The van der Waals surface area contributed by atoms with Gasteiger partial charge in [0.1, 0.15) is 11.6 Å². The van der Waals surface area contributed by atoms with Crippen LogP contribution >= 0.6 is 11.3 Å². The topological polar surface area (TPSA) is 24.9 Å². The van der Waals surface area contributed by atoms with E-state index < -0.39 is 11.6 Å². The summed E-state index contributed by atoms with van der Waals surface area (Å²) in [6, 6.07) is 3.37. The summed E-state index contributed by atoms with van der Waals surface area (Å²) in [6.45, 7) is 0. The summed E-state index contributed by atoms with van der Waals surface area (Å²) in [5.41, 5.74) is 1.02. The highest BCUT2D eigenvalue weighted by atomic mass is 32.1. The first-order valence-corrected chi connectivity index (χ1v) is 5.17. The molecule has 0 bridgehead atoms. The van der Waals surface area contributed by atoms with Crippen LogP contribution in [0, 0.1) is 11.6 Å². The van der Waals surface area contributed by atoms with Crippen LogP contribution in [0.25, 0.3) is 11.3 Å². The molecular formula is C10H8F2N2S. The molecule has 0 aliphatic rings. The van der Waals surface area contributed by atoms with Gasteiger partial charge < -0.3 is 5.32 Å². The average molecular weight is 226 g/mol. The first-order valence-electron chi connectivity index (χ1n) is 4.29. The molecule has 1 heterocycles. The molecule has 0 saturated carbocycles. The first kappa shape index (κ1) is 10.0. The molecule has 2 rings (SSSR count). The van der Waals surface area contributed by atoms with Crippen LogP contribution in [0.5, 0.6) is 0 Å². The summed E-state index contributed by atoms with van der Waals surface area (Å²) in [5.74, 6) is -1.19. The fraction of sp³-hybridized carbons (Fsp3) is 0.100. The van der Waals surface area contributed by atoms with E-state index in [0.29, 0.717) is 11.3 Å². The summed E-state index contributed by atoms with van der Waals surface area (Å²) in [6.07, 6.45) is 0. The maximum Gasteiger partial charge on any atom is 0.182 e. The average Bonchev–Trinajstić information content (AvgIpc) is 2.64. The Labute approximate surface area is 89.6 Å². The van der Waals surface area contributed by atoms with Crippen LogP contribution in [-0.2, 0) is 0 Å². The van der Waals surface area contributed by atoms with Crippen molar-refractivity contribution in [1.82, 2.24) is 4.98 Å². The Hall–Kier alpha value is -1.49. The maximum atomic E-state index is 12.9. The Balaban J connectivity index is 2.44. The molecular weight excluding hydrogens is 218 g/mol. The molecule has 0 aliphatic carbocycles. The zero-order chi connectivity index (χ0) is 10.8. The Morgan fingerprint density at radius 1 is 1.20 bits per heavy atom. The number of hydrogen-bond acceptors (Lipinski definition) is 3. The van der Waals surface area contributed by atoms with Crippen molar-refractivity contribution in [1.29, 1.82) is 0 Å². The molecule has 0 amide bonds. The number of halogens is 2. The van der Waals surface area contributed by atoms with Gasteiger partial charge in [0.2, 0.25) is 0 Å². The van der Waals surface area contributed by atoms with Crippen LogP contribution in [0.1, 0.15) is 0 Å². The number of benzene rings is 1. The lowest BCUT2D eigenvalue weighted by atomic mass is 10.2. The van der Waals surface area contributed by atoms with E-state index in [1.54, 1.807) is 12.4 Å². The van der Waals surface area contributed by atoms with Crippen LogP contribution in [0.15, 0.2) is 23.6 Å². The lowest BCUT2D eigenvalue weighted by Crippen LogP contribution is -1.87. The van der Waals surface area contributed by atoms with Crippen LogP contribution in [-0.4, -0.2) is 12.0 Å². The number of aromatic nitrogens is 1. The Morgan fingerprint density at radius 2 is 1.87 bits per heavy atom. The van der Waals surface area contributed by atoms with Gasteiger partial charge >= 0.3 is 0 Å². The van der Waals surface area contributed by atoms with Crippen molar-refractivity contribution < 1.29 is 8.78 Å². The lowest BCUT2D eigenvalue weighted by Gasteiger charge is -1.97. The molecule has 0 atom stereocenters. The minimum Gasteiger partial charge on any atom is -0.365 e. The summed E-state index contributed by atoms with van der Waals surface area (Å²) < 4.78 is 25.8. The molecule has 2 nitrogen and oxygen atoms in total. The third kappa shape index (κ3) is 2.12. The number of thiazole rings is 1. The summed E-state index contributed by atoms with van der Waals surface area (Å²) in [4.78, 5) is 4.16. The predicted octanol–water partition coefficient (Wildman–Crippen LogP) is 3.13. The molecule has 0 fully saturated rings. The van der Waals surface area contributed by atoms with Gasteiger partial charge in [-0.1, -0.05) is 0 Å². The van der Waals surface area contributed by atoms with E-state index in [1.807, 2.05) is 0 Å². The van der Waals surface area contributed by atoms with Gasteiger partial charge in [-0.05, 0) is 12.1 Å². The van der Waals surface area contributed by atoms with Crippen LogP contribution in [0.3, 0.4) is 0 Å². The van der Waals surface area contributed by atoms with Gasteiger partial charge in [0.25, 0.3) is 0 Å². The predicted molar refractivity (Wildman–Crippen MR) is 57.0 cm³/mol. The Kier molecular flexibility index (Phi) is 2.64. The fourth-order valence-corrected chi connectivity index (χ4v) is 1.90. The minimum atomic E-state index is -0.594. The van der Waals surface area contributed by atoms with Gasteiger partial charge in [0.15, 0.2) is 5.13 Å². The second-order valence-electron chi connectivity index (χ2n) is 2.95. The molecule has 0 radical (unpaired) electrons. The van der Waals surface area contributed by atoms with Crippen molar-refractivity contribution >= 4 is 16.5 Å². The number of anilines is 1. The van der Waals surface area contributed by atoms with Crippen LogP contribution in [0.4, 0.5) is 13.9 Å². The number of nitrogens with zero attached hydrogens (tertiary/aromatic N) is 1. The maximum absolute atomic E-state index is 12.9. The van der Waals surface area contributed by atoms with Crippen molar-refractivity contribution in [3.63, 3.8) is 0 Å². The van der Waals surface area contributed by atoms with Crippen molar-refractivity contribution in [2.45, 2.75) is 0 Å². The number of hydrogen-bond donors (Lipinski definition) is 1. The second kappa shape index (κ2) is 3.94. The molecule has 15 heavy (non-hydrogen) atoms. The van der Waals surface area contributed by atoms with Crippen LogP contribution in [0.2, 0.25) is 0 Å². The molecule has 5 heteroatoms. The third-order valence-electron chi connectivity index (χ3n) is 1.88. The molecule has 78 valence electrons. The Bertz CT molecular complexity index is 462. The van der Waals surface area contributed by atoms with E-state index in [2.05, 4.69) is 10.3 Å². The summed E-state index contributed by atoms with van der Waals surface area (Å²) in [5, 5.41) is 5.33. The van der Waals surface area contributed by atoms with E-state index >= 15 is 0 Å². The highest BCUT2D eigenvalue weighted by Gasteiger charge is 2.06. The molecule has 0 saturated heterocycles. The SMILES string of the molecule is CNc1nc(-c2cc(F)cc(F)c2)cs1. The minimum absolute atomic E-state index is 0.449. The van der Waals surface area contributed by atoms with Gasteiger partial charge in [-0.25, -0.2) is 13.8 Å². The lowest BCUT2D eigenvalue weighted by molar-refractivity contribution is 0.584. The second-order valence-corrected chi connectivity index (χ2v) is 3.80. The van der Waals surface area contributed by atoms with Crippen LogP contribution < -0.4 is 5.32 Å². The molecule has 0 spiro atoms. The standard InChI is InChI=1S/C10H8F2N2S/c1-13-10-14-9(5-15-10)6-2-7(11)4-8(12)3-6/h2-5H,1H3,(H,13,14). The smallest absolute Gasteiger partial charge is 0.182 e. The molecule has 0 unspecified atom stereocenters. The van der Waals surface area contributed by atoms with E-state index in [-0.39, 0.29) is 0 Å². The molecule has 1 N–H and O–H groups in total. The third-order valence-corrected chi connectivity index (χ3v) is 2.74. The quantitative estimate of drug-likeness (QED) is 0.851. The normalized spacial score (nSPS) is 10.3. The Morgan fingerprint density at radius 3 is 2.40 bits per heavy atom. The largest absolute Gasteiger partial charge is 0.365 e. The fourth-order valence-electron chi connectivity index (χ4n) is 1.22. The van der Waals surface area contributed by atoms with Gasteiger partial charge in [0, 0.05) is 24.1 Å². The molecule has 1 aromatic carbocycles. The molecule has 0 aliphatic heterocycles. The zero-order valence-electron chi connectivity index (χ0n) is 7.92. The highest BCUT2D eigenvalue weighted by molar-refractivity contribution is 7.14. The van der Waals surface area contributed by atoms with Gasteiger partial charge in [0.05, 0.1) is 5.69 Å². The van der Waals surface area contributed by atoms with E-state index in [4.69, 9.17) is 0 Å². The number of nitrogens with one attached hydrogen (secondary N) is 1. The molecule has 1 aromatic heterocycles. The van der Waals surface area contributed by atoms with Crippen molar-refractivity contribution in [2.24, 2.45) is 0 Å². The van der Waals surface area contributed by atoms with E-state index in [0.717, 1.165) is 11.2 Å². The van der Waals surface area contributed by atoms with E-state index in [9.17, 15) is 8.78 Å².